The molecule has 1 N–H and O–H groups in total. The van der Waals surface area contributed by atoms with Crippen LogP contribution in [0.3, 0.4) is 0 Å². The molecule has 2 aromatic rings. The van der Waals surface area contributed by atoms with Crippen molar-refractivity contribution in [2.24, 2.45) is 0 Å². The Morgan fingerprint density at radius 3 is 2.38 bits per heavy atom. The van der Waals surface area contributed by atoms with Crippen molar-refractivity contribution in [3.8, 4) is 0 Å². The third-order valence-electron chi connectivity index (χ3n) is 3.61. The third-order valence-corrected chi connectivity index (χ3v) is 6.06. The first-order chi connectivity index (χ1) is 12.2. The molecule has 2 aromatic carbocycles. The molecule has 1 amide bonds. The number of amides is 1. The zero-order valence-corrected chi connectivity index (χ0v) is 17.2. The lowest BCUT2D eigenvalue weighted by molar-refractivity contribution is -0.116. The summed E-state index contributed by atoms with van der Waals surface area (Å²) in [5.74, 6) is 0.456. The minimum Gasteiger partial charge on any atom is -0.323 e. The standard InChI is InChI=1S/C18H21ClN2O3S2/c1-4-25-17-8-6-5-7-16(17)20-18(22)13(2)21(26(3,23)24)15-11-9-14(19)10-12-15/h5-13H,4H2,1-3H3,(H,20,22). The number of carbonyl (C=O) groups excluding carboxylic acids is 1. The number of para-hydroxylation sites is 1. The van der Waals surface area contributed by atoms with Crippen molar-refractivity contribution in [3.05, 3.63) is 53.6 Å². The molecule has 5 nitrogen and oxygen atoms in total. The summed E-state index contributed by atoms with van der Waals surface area (Å²) in [6.07, 6.45) is 1.08. The lowest BCUT2D eigenvalue weighted by atomic mass is 10.2. The van der Waals surface area contributed by atoms with Crippen LogP contribution in [0.4, 0.5) is 11.4 Å². The van der Waals surface area contributed by atoms with Crippen LogP contribution in [0, 0.1) is 0 Å². The van der Waals surface area contributed by atoms with Crippen molar-refractivity contribution in [1.82, 2.24) is 0 Å². The maximum atomic E-state index is 12.7. The van der Waals surface area contributed by atoms with Crippen molar-refractivity contribution < 1.29 is 13.2 Å². The Bertz CT molecular complexity index is 870. The highest BCUT2D eigenvalue weighted by Gasteiger charge is 2.29. The monoisotopic (exact) mass is 412 g/mol. The minimum atomic E-state index is -3.66. The first-order valence-electron chi connectivity index (χ1n) is 8.01. The Hall–Kier alpha value is -1.70. The lowest BCUT2D eigenvalue weighted by Crippen LogP contribution is -2.45. The van der Waals surface area contributed by atoms with Gasteiger partial charge >= 0.3 is 0 Å². The minimum absolute atomic E-state index is 0.385. The zero-order valence-electron chi connectivity index (χ0n) is 14.8. The van der Waals surface area contributed by atoms with E-state index in [1.54, 1.807) is 49.0 Å². The van der Waals surface area contributed by atoms with Crippen LogP contribution >= 0.6 is 23.4 Å². The van der Waals surface area contributed by atoms with Gasteiger partial charge in [0.05, 0.1) is 17.6 Å². The van der Waals surface area contributed by atoms with E-state index in [-0.39, 0.29) is 0 Å². The Labute approximate surface area is 163 Å². The molecule has 0 fully saturated rings. The molecule has 0 aliphatic rings. The molecule has 0 saturated carbocycles. The van der Waals surface area contributed by atoms with E-state index in [1.807, 2.05) is 25.1 Å². The smallest absolute Gasteiger partial charge is 0.248 e. The molecule has 0 bridgehead atoms. The van der Waals surface area contributed by atoms with Crippen LogP contribution in [0.15, 0.2) is 53.4 Å². The van der Waals surface area contributed by atoms with Crippen LogP contribution in [-0.4, -0.2) is 32.4 Å². The van der Waals surface area contributed by atoms with Gasteiger partial charge in [-0.1, -0.05) is 30.7 Å². The number of rotatable bonds is 7. The second kappa shape index (κ2) is 8.79. The average Bonchev–Trinajstić information content (AvgIpc) is 2.57. The van der Waals surface area contributed by atoms with E-state index >= 15 is 0 Å². The highest BCUT2D eigenvalue weighted by molar-refractivity contribution is 7.99. The molecule has 2 rings (SSSR count). The predicted octanol–water partition coefficient (Wildman–Crippen LogP) is 4.25. The number of halogens is 1. The van der Waals surface area contributed by atoms with Crippen molar-refractivity contribution in [2.45, 2.75) is 24.8 Å². The summed E-state index contributed by atoms with van der Waals surface area (Å²) in [5.41, 5.74) is 1.05. The Kier molecular flexibility index (Phi) is 6.97. The van der Waals surface area contributed by atoms with E-state index in [0.29, 0.717) is 16.4 Å². The number of thioether (sulfide) groups is 1. The van der Waals surface area contributed by atoms with Gasteiger partial charge in [0.1, 0.15) is 6.04 Å². The summed E-state index contributed by atoms with van der Waals surface area (Å²) in [5, 5.41) is 3.33. The summed E-state index contributed by atoms with van der Waals surface area (Å²) >= 11 is 7.48. The maximum absolute atomic E-state index is 12.7. The molecule has 0 aliphatic heterocycles. The Morgan fingerprint density at radius 2 is 1.81 bits per heavy atom. The molecule has 140 valence electrons. The molecule has 0 heterocycles. The summed E-state index contributed by atoms with van der Waals surface area (Å²) in [4.78, 5) is 13.7. The fourth-order valence-electron chi connectivity index (χ4n) is 2.49. The Balaban J connectivity index is 2.30. The van der Waals surface area contributed by atoms with E-state index in [9.17, 15) is 13.2 Å². The third kappa shape index (κ3) is 5.16. The number of nitrogens with zero attached hydrogens (tertiary/aromatic N) is 1. The van der Waals surface area contributed by atoms with Crippen LogP contribution in [0.5, 0.6) is 0 Å². The number of hydrogen-bond donors (Lipinski definition) is 1. The van der Waals surface area contributed by atoms with Gasteiger partial charge in [-0.2, -0.15) is 0 Å². The summed E-state index contributed by atoms with van der Waals surface area (Å²) < 4.78 is 25.7. The summed E-state index contributed by atoms with van der Waals surface area (Å²) in [7, 11) is -3.66. The van der Waals surface area contributed by atoms with Gasteiger partial charge in [0, 0.05) is 9.92 Å². The summed E-state index contributed by atoms with van der Waals surface area (Å²) in [6, 6.07) is 12.9. The molecular formula is C18H21ClN2O3S2. The second-order valence-corrected chi connectivity index (χ2v) is 9.23. The summed E-state index contributed by atoms with van der Waals surface area (Å²) in [6.45, 7) is 3.58. The van der Waals surface area contributed by atoms with Crippen LogP contribution in [-0.2, 0) is 14.8 Å². The largest absolute Gasteiger partial charge is 0.323 e. The van der Waals surface area contributed by atoms with Crippen molar-refractivity contribution in [2.75, 3.05) is 21.6 Å². The van der Waals surface area contributed by atoms with Crippen LogP contribution in [0.2, 0.25) is 5.02 Å². The molecule has 0 aliphatic carbocycles. The van der Waals surface area contributed by atoms with Crippen molar-refractivity contribution >= 4 is 50.7 Å². The molecule has 0 aromatic heterocycles. The van der Waals surface area contributed by atoms with Gasteiger partial charge in [-0.25, -0.2) is 8.42 Å². The number of sulfonamides is 1. The number of anilines is 2. The first kappa shape index (κ1) is 20.6. The van der Waals surface area contributed by atoms with E-state index < -0.39 is 22.0 Å². The molecular weight excluding hydrogens is 392 g/mol. The van der Waals surface area contributed by atoms with Gasteiger partial charge in [0.2, 0.25) is 15.9 Å². The first-order valence-corrected chi connectivity index (χ1v) is 11.2. The van der Waals surface area contributed by atoms with E-state index in [1.165, 1.54) is 0 Å². The van der Waals surface area contributed by atoms with E-state index in [2.05, 4.69) is 5.32 Å². The van der Waals surface area contributed by atoms with Gasteiger partial charge in [0.25, 0.3) is 0 Å². The van der Waals surface area contributed by atoms with E-state index in [4.69, 9.17) is 11.6 Å². The number of hydrogen-bond acceptors (Lipinski definition) is 4. The van der Waals surface area contributed by atoms with E-state index in [0.717, 1.165) is 21.2 Å². The number of benzene rings is 2. The maximum Gasteiger partial charge on any atom is 0.248 e. The van der Waals surface area contributed by atoms with Gasteiger partial charge in [-0.3, -0.25) is 9.10 Å². The second-order valence-electron chi connectivity index (χ2n) is 5.63. The van der Waals surface area contributed by atoms with Crippen LogP contribution < -0.4 is 9.62 Å². The topological polar surface area (TPSA) is 66.5 Å². The van der Waals surface area contributed by atoms with Crippen LogP contribution in [0.1, 0.15) is 13.8 Å². The van der Waals surface area contributed by atoms with Crippen molar-refractivity contribution in [1.29, 1.82) is 0 Å². The molecule has 0 radical (unpaired) electrons. The van der Waals surface area contributed by atoms with Gasteiger partial charge < -0.3 is 5.32 Å². The molecule has 0 saturated heterocycles. The van der Waals surface area contributed by atoms with Gasteiger partial charge in [0.15, 0.2) is 0 Å². The number of nitrogens with one attached hydrogen (secondary N) is 1. The number of carbonyl (C=O) groups is 1. The highest BCUT2D eigenvalue weighted by Crippen LogP contribution is 2.28. The van der Waals surface area contributed by atoms with Gasteiger partial charge in [-0.05, 0) is 49.1 Å². The quantitative estimate of drug-likeness (QED) is 0.690. The molecule has 26 heavy (non-hydrogen) atoms. The fourth-order valence-corrected chi connectivity index (χ4v) is 4.55. The van der Waals surface area contributed by atoms with Crippen molar-refractivity contribution in [3.63, 3.8) is 0 Å². The molecule has 1 unspecified atom stereocenters. The SMILES string of the molecule is CCSc1ccccc1NC(=O)C(C)N(c1ccc(Cl)cc1)S(C)(=O)=O. The van der Waals surface area contributed by atoms with Gasteiger partial charge in [-0.15, -0.1) is 11.8 Å². The fraction of sp³-hybridized carbons (Fsp3) is 0.278. The lowest BCUT2D eigenvalue weighted by Gasteiger charge is -2.28. The highest BCUT2D eigenvalue weighted by atomic mass is 35.5. The van der Waals surface area contributed by atoms with Crippen LogP contribution in [0.25, 0.3) is 0 Å². The Morgan fingerprint density at radius 1 is 1.19 bits per heavy atom. The zero-order chi connectivity index (χ0) is 19.3. The molecule has 8 heteroatoms. The average molecular weight is 413 g/mol. The molecule has 1 atom stereocenters. The predicted molar refractivity (Wildman–Crippen MR) is 110 cm³/mol. The molecule has 0 spiro atoms. The normalized spacial score (nSPS) is 12.5.